The number of hydrogen-bond donors (Lipinski definition) is 2. The highest BCUT2D eigenvalue weighted by Gasteiger charge is 1.97. The molecule has 0 unspecified atom stereocenters. The van der Waals surface area contributed by atoms with Crippen molar-refractivity contribution in [1.82, 2.24) is 0 Å². The molecule has 2 rings (SSSR count). The summed E-state index contributed by atoms with van der Waals surface area (Å²) >= 11 is 0. The van der Waals surface area contributed by atoms with Crippen molar-refractivity contribution < 1.29 is 9.15 Å². The largest absolute Gasteiger partial charge is 0.467 e. The fourth-order valence-corrected chi connectivity index (χ4v) is 1.94. The van der Waals surface area contributed by atoms with Gasteiger partial charge in [0.25, 0.3) is 0 Å². The molecule has 0 aliphatic heterocycles. The number of benzene rings is 1. The smallest absolute Gasteiger partial charge is 0.193 e. The summed E-state index contributed by atoms with van der Waals surface area (Å²) in [5.74, 6) is 1.26. The van der Waals surface area contributed by atoms with Crippen LogP contribution in [0.5, 0.6) is 0 Å². The lowest BCUT2D eigenvalue weighted by Gasteiger charge is -2.06. The maximum Gasteiger partial charge on any atom is 0.193 e. The van der Waals surface area contributed by atoms with Gasteiger partial charge in [-0.05, 0) is 42.7 Å². The van der Waals surface area contributed by atoms with Gasteiger partial charge in [0, 0.05) is 18.8 Å². The van der Waals surface area contributed by atoms with E-state index in [9.17, 15) is 0 Å². The number of hydrogen-bond acceptors (Lipinski definition) is 3. The highest BCUT2D eigenvalue weighted by Crippen LogP contribution is 2.09. The van der Waals surface area contributed by atoms with Crippen LogP contribution in [-0.2, 0) is 17.8 Å². The van der Waals surface area contributed by atoms with Crippen molar-refractivity contribution in [3.8, 4) is 0 Å². The van der Waals surface area contributed by atoms with Crippen molar-refractivity contribution >= 4 is 35.6 Å². The van der Waals surface area contributed by atoms with Gasteiger partial charge >= 0.3 is 0 Å². The number of nitrogens with one attached hydrogen (secondary N) is 1. The molecule has 0 atom stereocenters. The van der Waals surface area contributed by atoms with Crippen LogP contribution in [0.4, 0.5) is 5.69 Å². The average molecular weight is 429 g/mol. The predicted molar refractivity (Wildman–Crippen MR) is 104 cm³/mol. The second-order valence-electron chi connectivity index (χ2n) is 4.93. The lowest BCUT2D eigenvalue weighted by Crippen LogP contribution is -2.23. The topological polar surface area (TPSA) is 72.8 Å². The van der Waals surface area contributed by atoms with E-state index in [1.165, 1.54) is 5.56 Å². The van der Waals surface area contributed by atoms with Crippen molar-refractivity contribution in [2.24, 2.45) is 10.7 Å². The Hall–Kier alpha value is -1.54. The van der Waals surface area contributed by atoms with Gasteiger partial charge in [-0.25, -0.2) is 0 Å². The van der Waals surface area contributed by atoms with E-state index in [2.05, 4.69) is 29.4 Å². The van der Waals surface area contributed by atoms with Gasteiger partial charge in [-0.3, -0.25) is 4.99 Å². The number of aryl methyl sites for hydroxylation is 1. The zero-order valence-electron chi connectivity index (χ0n) is 13.3. The summed E-state index contributed by atoms with van der Waals surface area (Å²) in [6, 6.07) is 11.9. The molecule has 0 fully saturated rings. The summed E-state index contributed by atoms with van der Waals surface area (Å²) in [6.45, 7) is 3.88. The van der Waals surface area contributed by atoms with Crippen LogP contribution in [0.25, 0.3) is 0 Å². The van der Waals surface area contributed by atoms with Crippen LogP contribution >= 0.6 is 24.0 Å². The van der Waals surface area contributed by atoms with E-state index in [0.29, 0.717) is 25.7 Å². The van der Waals surface area contributed by atoms with Crippen molar-refractivity contribution in [1.29, 1.82) is 0 Å². The number of nitrogens with two attached hydrogens (primary N) is 1. The summed E-state index contributed by atoms with van der Waals surface area (Å²) < 4.78 is 10.7. The normalized spacial score (nSPS) is 11.1. The van der Waals surface area contributed by atoms with Crippen LogP contribution in [0, 0.1) is 0 Å². The summed E-state index contributed by atoms with van der Waals surface area (Å²) in [5.41, 5.74) is 8.10. The molecule has 0 saturated heterocycles. The second-order valence-corrected chi connectivity index (χ2v) is 4.93. The highest BCUT2D eigenvalue weighted by molar-refractivity contribution is 14.0. The molecular weight excluding hydrogens is 405 g/mol. The molecule has 0 bridgehead atoms. The quantitative estimate of drug-likeness (QED) is 0.290. The van der Waals surface area contributed by atoms with Gasteiger partial charge < -0.3 is 20.2 Å². The molecule has 0 radical (unpaired) electrons. The minimum Gasteiger partial charge on any atom is -0.467 e. The molecule has 23 heavy (non-hydrogen) atoms. The predicted octanol–water partition coefficient (Wildman–Crippen LogP) is 3.79. The van der Waals surface area contributed by atoms with E-state index < -0.39 is 0 Å². The van der Waals surface area contributed by atoms with Gasteiger partial charge in [0.15, 0.2) is 5.96 Å². The van der Waals surface area contributed by atoms with Crippen molar-refractivity contribution in [2.45, 2.75) is 26.4 Å². The number of ether oxygens (including phenoxy) is 1. The lowest BCUT2D eigenvalue weighted by molar-refractivity contribution is 0.105. The number of guanidine groups is 1. The number of halogens is 1. The number of nitrogens with zero attached hydrogens (tertiary/aromatic N) is 1. The zero-order chi connectivity index (χ0) is 15.6. The number of anilines is 1. The first-order valence-corrected chi connectivity index (χ1v) is 7.54. The summed E-state index contributed by atoms with van der Waals surface area (Å²) in [5, 5.41) is 3.08. The van der Waals surface area contributed by atoms with Gasteiger partial charge in [-0.2, -0.15) is 0 Å². The molecule has 2 aromatic rings. The highest BCUT2D eigenvalue weighted by atomic mass is 127. The molecule has 0 saturated carbocycles. The van der Waals surface area contributed by atoms with E-state index in [1.54, 1.807) is 6.26 Å². The summed E-state index contributed by atoms with van der Waals surface area (Å²) in [7, 11) is 0. The minimum absolute atomic E-state index is 0. The van der Waals surface area contributed by atoms with E-state index in [1.807, 2.05) is 24.3 Å². The van der Waals surface area contributed by atoms with Crippen LogP contribution < -0.4 is 11.1 Å². The molecule has 0 aliphatic carbocycles. The van der Waals surface area contributed by atoms with Gasteiger partial charge in [0.1, 0.15) is 12.4 Å². The van der Waals surface area contributed by atoms with Crippen LogP contribution in [-0.4, -0.2) is 19.1 Å². The fourth-order valence-electron chi connectivity index (χ4n) is 1.94. The van der Waals surface area contributed by atoms with Gasteiger partial charge in [0.2, 0.25) is 0 Å². The Balaban J connectivity index is 0.00000264. The first-order chi connectivity index (χ1) is 10.8. The van der Waals surface area contributed by atoms with E-state index in [-0.39, 0.29) is 24.0 Å². The maximum atomic E-state index is 5.85. The molecule has 1 heterocycles. The molecule has 0 aliphatic rings. The van der Waals surface area contributed by atoms with Crippen molar-refractivity contribution in [3.63, 3.8) is 0 Å². The van der Waals surface area contributed by atoms with Crippen LogP contribution in [0.15, 0.2) is 52.1 Å². The third-order valence-corrected chi connectivity index (χ3v) is 3.19. The zero-order valence-corrected chi connectivity index (χ0v) is 15.7. The lowest BCUT2D eigenvalue weighted by atomic mass is 10.1. The Morgan fingerprint density at radius 2 is 2.04 bits per heavy atom. The van der Waals surface area contributed by atoms with E-state index in [4.69, 9.17) is 14.9 Å². The molecule has 6 heteroatoms. The fraction of sp³-hybridized carbons (Fsp3) is 0.353. The van der Waals surface area contributed by atoms with Gasteiger partial charge in [0.05, 0.1) is 6.26 Å². The van der Waals surface area contributed by atoms with E-state index in [0.717, 1.165) is 24.3 Å². The Kier molecular flexibility index (Phi) is 9.39. The van der Waals surface area contributed by atoms with Crippen LogP contribution in [0.3, 0.4) is 0 Å². The van der Waals surface area contributed by atoms with Crippen molar-refractivity contribution in [3.05, 3.63) is 54.0 Å². The number of rotatable bonds is 8. The standard InChI is InChI=1S/C17H23N3O2.HI/c1-2-14-6-8-15(9-7-14)20-17(18)19-10-4-11-21-13-16-5-3-12-22-16;/h3,5-9,12H,2,4,10-11,13H2,1H3,(H3,18,19,20);1H. The molecule has 1 aromatic carbocycles. The first-order valence-electron chi connectivity index (χ1n) is 7.54. The van der Waals surface area contributed by atoms with Gasteiger partial charge in [-0.15, -0.1) is 24.0 Å². The van der Waals surface area contributed by atoms with Gasteiger partial charge in [-0.1, -0.05) is 19.1 Å². The maximum absolute atomic E-state index is 5.85. The summed E-state index contributed by atoms with van der Waals surface area (Å²) in [6.07, 6.45) is 3.49. The Bertz CT molecular complexity index is 568. The molecule has 3 N–H and O–H groups in total. The van der Waals surface area contributed by atoms with Crippen molar-refractivity contribution in [2.75, 3.05) is 18.5 Å². The van der Waals surface area contributed by atoms with E-state index >= 15 is 0 Å². The third-order valence-electron chi connectivity index (χ3n) is 3.19. The van der Waals surface area contributed by atoms with Crippen LogP contribution in [0.1, 0.15) is 24.7 Å². The Morgan fingerprint density at radius 1 is 1.26 bits per heavy atom. The molecule has 1 aromatic heterocycles. The number of aliphatic imine (C=N–C) groups is 1. The number of furan rings is 1. The van der Waals surface area contributed by atoms with Crippen LogP contribution in [0.2, 0.25) is 0 Å². The average Bonchev–Trinajstić information content (AvgIpc) is 3.05. The molecule has 5 nitrogen and oxygen atoms in total. The second kappa shape index (κ2) is 11.1. The molecular formula is C17H24IN3O2. The molecule has 0 amide bonds. The minimum atomic E-state index is 0. The molecule has 126 valence electrons. The molecule has 0 spiro atoms. The Morgan fingerprint density at radius 3 is 2.70 bits per heavy atom. The SMILES string of the molecule is CCc1ccc(NC(N)=NCCCOCc2ccco2)cc1.I. The Labute approximate surface area is 154 Å². The third kappa shape index (κ3) is 7.51. The first kappa shape index (κ1) is 19.5. The summed E-state index contributed by atoms with van der Waals surface area (Å²) in [4.78, 5) is 4.28. The monoisotopic (exact) mass is 429 g/mol.